The van der Waals surface area contributed by atoms with E-state index in [1.807, 2.05) is 0 Å². The predicted octanol–water partition coefficient (Wildman–Crippen LogP) is 3.06. The Kier molecular flexibility index (Phi) is 1.76. The highest BCUT2D eigenvalue weighted by Gasteiger charge is 2.34. The zero-order valence-electron chi connectivity index (χ0n) is 7.52. The van der Waals surface area contributed by atoms with E-state index in [1.54, 1.807) is 0 Å². The van der Waals surface area contributed by atoms with Crippen molar-refractivity contribution in [3.05, 3.63) is 17.0 Å². The molecule has 1 heterocycles. The van der Waals surface area contributed by atoms with E-state index in [-0.39, 0.29) is 0 Å². The Labute approximate surface area is 86.2 Å². The van der Waals surface area contributed by atoms with Crippen LogP contribution in [-0.2, 0) is 5.33 Å². The topological polar surface area (TPSA) is 28.7 Å². The molecule has 2 nitrogen and oxygen atoms in total. The Morgan fingerprint density at radius 3 is 2.46 bits per heavy atom. The minimum Gasteiger partial charge on any atom is -0.282 e. The number of alkyl halides is 1. The van der Waals surface area contributed by atoms with Crippen LogP contribution in [0.2, 0.25) is 0 Å². The van der Waals surface area contributed by atoms with Crippen molar-refractivity contribution in [1.29, 1.82) is 0 Å². The number of rotatable bonds is 3. The Morgan fingerprint density at radius 1 is 1.23 bits per heavy atom. The lowest BCUT2D eigenvalue weighted by molar-refractivity contribution is 0.926. The molecule has 0 bridgehead atoms. The van der Waals surface area contributed by atoms with Crippen LogP contribution in [0.25, 0.3) is 0 Å². The van der Waals surface area contributed by atoms with Crippen LogP contribution < -0.4 is 0 Å². The number of nitrogens with one attached hydrogen (secondary N) is 1. The van der Waals surface area contributed by atoms with Gasteiger partial charge in [-0.3, -0.25) is 5.10 Å². The van der Waals surface area contributed by atoms with Crippen LogP contribution in [0.5, 0.6) is 0 Å². The van der Waals surface area contributed by atoms with Gasteiger partial charge in [-0.15, -0.1) is 0 Å². The molecule has 0 saturated heterocycles. The van der Waals surface area contributed by atoms with E-state index in [4.69, 9.17) is 0 Å². The number of hydrogen-bond donors (Lipinski definition) is 1. The second-order valence-electron chi connectivity index (χ2n) is 4.18. The largest absolute Gasteiger partial charge is 0.282 e. The Hall–Kier alpha value is -0.310. The maximum absolute atomic E-state index is 4.46. The summed E-state index contributed by atoms with van der Waals surface area (Å²) in [5, 5.41) is 8.66. The first kappa shape index (κ1) is 8.04. The molecule has 1 N–H and O–H groups in total. The van der Waals surface area contributed by atoms with E-state index in [9.17, 15) is 0 Å². The molecule has 1 aromatic rings. The third-order valence-corrected chi connectivity index (χ3v) is 3.58. The molecule has 1 aromatic heterocycles. The van der Waals surface area contributed by atoms with Crippen LogP contribution in [0.1, 0.15) is 54.5 Å². The van der Waals surface area contributed by atoms with Crippen LogP contribution in [0, 0.1) is 0 Å². The summed E-state index contributed by atoms with van der Waals surface area (Å²) in [5.74, 6) is 1.57. The molecule has 3 heteroatoms. The summed E-state index contributed by atoms with van der Waals surface area (Å²) in [7, 11) is 0. The third-order valence-electron chi connectivity index (χ3n) is 3.01. The fourth-order valence-electron chi connectivity index (χ4n) is 1.94. The predicted molar refractivity (Wildman–Crippen MR) is 55.2 cm³/mol. The van der Waals surface area contributed by atoms with Gasteiger partial charge in [-0.2, -0.15) is 5.10 Å². The van der Waals surface area contributed by atoms with Gasteiger partial charge in [0.1, 0.15) is 0 Å². The summed E-state index contributed by atoms with van der Waals surface area (Å²) in [6.45, 7) is 0. The number of H-pyrrole nitrogens is 1. The molecule has 0 spiro atoms. The SMILES string of the molecule is BrCc1c(C2CC2)n[nH]c1C1CC1. The van der Waals surface area contributed by atoms with Crippen molar-refractivity contribution < 1.29 is 0 Å². The van der Waals surface area contributed by atoms with Gasteiger partial charge in [0.15, 0.2) is 0 Å². The van der Waals surface area contributed by atoms with E-state index in [0.717, 1.165) is 17.2 Å². The van der Waals surface area contributed by atoms with Gasteiger partial charge in [-0.1, -0.05) is 15.9 Å². The molecular formula is C10H13BrN2. The highest BCUT2D eigenvalue weighted by Crippen LogP contribution is 2.46. The first-order valence-corrected chi connectivity index (χ1v) is 6.15. The van der Waals surface area contributed by atoms with Gasteiger partial charge < -0.3 is 0 Å². The molecule has 2 fully saturated rings. The van der Waals surface area contributed by atoms with Crippen molar-refractivity contribution in [2.75, 3.05) is 0 Å². The Bertz CT molecular complexity index is 294. The molecular weight excluding hydrogens is 228 g/mol. The number of aromatic amines is 1. The van der Waals surface area contributed by atoms with Crippen molar-refractivity contribution in [3.8, 4) is 0 Å². The van der Waals surface area contributed by atoms with Gasteiger partial charge >= 0.3 is 0 Å². The van der Waals surface area contributed by atoms with Gasteiger partial charge in [0.2, 0.25) is 0 Å². The third kappa shape index (κ3) is 1.33. The Balaban J connectivity index is 1.99. The summed E-state index contributed by atoms with van der Waals surface area (Å²) in [4.78, 5) is 0. The van der Waals surface area contributed by atoms with Gasteiger partial charge in [-0.05, 0) is 25.7 Å². The zero-order valence-corrected chi connectivity index (χ0v) is 9.10. The molecule has 0 radical (unpaired) electrons. The van der Waals surface area contributed by atoms with Crippen molar-refractivity contribution in [2.45, 2.75) is 42.8 Å². The Morgan fingerprint density at radius 2 is 1.92 bits per heavy atom. The molecule has 0 amide bonds. The van der Waals surface area contributed by atoms with Gasteiger partial charge in [0, 0.05) is 28.4 Å². The maximum atomic E-state index is 4.46. The number of halogens is 1. The molecule has 70 valence electrons. The first-order valence-electron chi connectivity index (χ1n) is 5.03. The minimum atomic E-state index is 0.774. The molecule has 0 aromatic carbocycles. The minimum absolute atomic E-state index is 0.774. The van der Waals surface area contributed by atoms with Crippen molar-refractivity contribution in [3.63, 3.8) is 0 Å². The summed E-state index contributed by atoms with van der Waals surface area (Å²) in [6.07, 6.45) is 5.39. The first-order chi connectivity index (χ1) is 6.40. The van der Waals surface area contributed by atoms with Crippen molar-refractivity contribution in [2.24, 2.45) is 0 Å². The second-order valence-corrected chi connectivity index (χ2v) is 4.74. The molecule has 0 aliphatic heterocycles. The standard InChI is InChI=1S/C10H13BrN2/c11-5-8-9(6-1-2-6)12-13-10(8)7-3-4-7/h6-7H,1-5H2,(H,12,13). The van der Waals surface area contributed by atoms with E-state index in [1.165, 1.54) is 42.6 Å². The molecule has 13 heavy (non-hydrogen) atoms. The van der Waals surface area contributed by atoms with Crippen molar-refractivity contribution >= 4 is 15.9 Å². The van der Waals surface area contributed by atoms with E-state index < -0.39 is 0 Å². The zero-order chi connectivity index (χ0) is 8.84. The summed E-state index contributed by atoms with van der Waals surface area (Å²) >= 11 is 3.57. The fourth-order valence-corrected chi connectivity index (χ4v) is 2.53. The summed E-state index contributed by atoms with van der Waals surface area (Å²) in [6, 6.07) is 0. The number of hydrogen-bond acceptors (Lipinski definition) is 1. The maximum Gasteiger partial charge on any atom is 0.0696 e. The molecule has 2 aliphatic rings. The van der Waals surface area contributed by atoms with Gasteiger partial charge in [-0.25, -0.2) is 0 Å². The molecule has 2 aliphatic carbocycles. The van der Waals surface area contributed by atoms with E-state index >= 15 is 0 Å². The van der Waals surface area contributed by atoms with Crippen molar-refractivity contribution in [1.82, 2.24) is 10.2 Å². The molecule has 0 unspecified atom stereocenters. The van der Waals surface area contributed by atoms with Crippen LogP contribution in [-0.4, -0.2) is 10.2 Å². The lowest BCUT2D eigenvalue weighted by Gasteiger charge is -1.98. The summed E-state index contributed by atoms with van der Waals surface area (Å²) in [5.41, 5.74) is 4.22. The normalized spacial score (nSPS) is 22.2. The molecule has 0 atom stereocenters. The smallest absolute Gasteiger partial charge is 0.0696 e. The highest BCUT2D eigenvalue weighted by atomic mass is 79.9. The lowest BCUT2D eigenvalue weighted by atomic mass is 10.1. The van der Waals surface area contributed by atoms with E-state index in [2.05, 4.69) is 26.1 Å². The van der Waals surface area contributed by atoms with Crippen LogP contribution in [0.4, 0.5) is 0 Å². The lowest BCUT2D eigenvalue weighted by Crippen LogP contribution is -1.88. The average molecular weight is 241 g/mol. The number of nitrogens with zero attached hydrogens (tertiary/aromatic N) is 1. The fraction of sp³-hybridized carbons (Fsp3) is 0.700. The second kappa shape index (κ2) is 2.84. The average Bonchev–Trinajstić information content (AvgIpc) is 3.02. The van der Waals surface area contributed by atoms with Crippen LogP contribution in [0.15, 0.2) is 0 Å². The van der Waals surface area contributed by atoms with Gasteiger partial charge in [0.05, 0.1) is 5.69 Å². The molecule has 2 saturated carbocycles. The highest BCUT2D eigenvalue weighted by molar-refractivity contribution is 9.08. The number of aromatic nitrogens is 2. The van der Waals surface area contributed by atoms with Crippen LogP contribution in [0.3, 0.4) is 0 Å². The van der Waals surface area contributed by atoms with E-state index in [0.29, 0.717) is 0 Å². The quantitative estimate of drug-likeness (QED) is 0.809. The van der Waals surface area contributed by atoms with Gasteiger partial charge in [0.25, 0.3) is 0 Å². The summed E-state index contributed by atoms with van der Waals surface area (Å²) < 4.78 is 0. The van der Waals surface area contributed by atoms with Crippen LogP contribution >= 0.6 is 15.9 Å². The molecule has 3 rings (SSSR count). The monoisotopic (exact) mass is 240 g/mol.